The van der Waals surface area contributed by atoms with Gasteiger partial charge in [-0.1, -0.05) is 42.8 Å². The minimum Gasteiger partial charge on any atom is -0.311 e. The molecule has 104 valence electrons. The second kappa shape index (κ2) is 7.90. The molecule has 19 heavy (non-hydrogen) atoms. The molecule has 0 aliphatic rings. The van der Waals surface area contributed by atoms with Crippen molar-refractivity contribution in [3.63, 3.8) is 0 Å². The van der Waals surface area contributed by atoms with E-state index in [2.05, 4.69) is 63.4 Å². The van der Waals surface area contributed by atoms with Crippen LogP contribution in [0.25, 0.3) is 0 Å². The van der Waals surface area contributed by atoms with Crippen molar-refractivity contribution >= 4 is 5.71 Å². The molecule has 1 aromatic rings. The van der Waals surface area contributed by atoms with Crippen LogP contribution in [0, 0.1) is 6.92 Å². The van der Waals surface area contributed by atoms with Crippen LogP contribution < -0.4 is 5.32 Å². The lowest BCUT2D eigenvalue weighted by atomic mass is 10.0. The fourth-order valence-corrected chi connectivity index (χ4v) is 1.96. The van der Waals surface area contributed by atoms with E-state index in [0.717, 1.165) is 18.5 Å². The van der Waals surface area contributed by atoms with Crippen LogP contribution in [0.5, 0.6) is 0 Å². The molecule has 1 aromatic carbocycles. The standard InChI is InChI=1S/C17H26N2/c1-6-14(4)19-16(7-2)17(18-5)12-15-10-8-13(3)9-11-15/h7-11,17-18H,6,12H2,1-5H3/b16-7-,19-14?. The zero-order valence-electron chi connectivity index (χ0n) is 12.8. The number of aryl methyl sites for hydroxylation is 1. The number of nitrogens with one attached hydrogen (secondary N) is 1. The fraction of sp³-hybridized carbons (Fsp3) is 0.471. The highest BCUT2D eigenvalue weighted by Gasteiger charge is 2.12. The number of aliphatic imine (C=N–C) groups is 1. The average molecular weight is 258 g/mol. The lowest BCUT2D eigenvalue weighted by Gasteiger charge is -2.17. The van der Waals surface area contributed by atoms with Crippen LogP contribution in [-0.2, 0) is 6.42 Å². The van der Waals surface area contributed by atoms with Gasteiger partial charge in [0.05, 0.1) is 11.7 Å². The van der Waals surface area contributed by atoms with E-state index in [0.29, 0.717) is 0 Å². The van der Waals surface area contributed by atoms with Gasteiger partial charge in [0.2, 0.25) is 0 Å². The largest absolute Gasteiger partial charge is 0.311 e. The van der Waals surface area contributed by atoms with Crippen molar-refractivity contribution in [2.45, 2.75) is 46.6 Å². The van der Waals surface area contributed by atoms with Crippen molar-refractivity contribution in [1.82, 2.24) is 5.32 Å². The lowest BCUT2D eigenvalue weighted by molar-refractivity contribution is 0.625. The normalized spacial score (nSPS) is 14.6. The predicted molar refractivity (Wildman–Crippen MR) is 84.9 cm³/mol. The summed E-state index contributed by atoms with van der Waals surface area (Å²) in [5.41, 5.74) is 4.95. The van der Waals surface area contributed by atoms with E-state index >= 15 is 0 Å². The summed E-state index contributed by atoms with van der Waals surface area (Å²) in [6.45, 7) is 8.40. The Morgan fingerprint density at radius 2 is 1.95 bits per heavy atom. The highest BCUT2D eigenvalue weighted by atomic mass is 14.9. The first kappa shape index (κ1) is 15.6. The van der Waals surface area contributed by atoms with Crippen molar-refractivity contribution in [3.8, 4) is 0 Å². The molecule has 0 aliphatic heterocycles. The minimum absolute atomic E-state index is 0.272. The molecule has 0 heterocycles. The van der Waals surface area contributed by atoms with Gasteiger partial charge in [-0.05, 0) is 46.2 Å². The summed E-state index contributed by atoms with van der Waals surface area (Å²) >= 11 is 0. The minimum atomic E-state index is 0.272. The first-order chi connectivity index (χ1) is 9.10. The van der Waals surface area contributed by atoms with Crippen LogP contribution in [0.4, 0.5) is 0 Å². The van der Waals surface area contributed by atoms with E-state index in [4.69, 9.17) is 4.99 Å². The molecular formula is C17H26N2. The molecule has 1 rings (SSSR count). The third kappa shape index (κ3) is 4.99. The Kier molecular flexibility index (Phi) is 6.51. The van der Waals surface area contributed by atoms with Crippen LogP contribution in [0.15, 0.2) is 41.0 Å². The molecule has 1 N–H and O–H groups in total. The van der Waals surface area contributed by atoms with Gasteiger partial charge in [-0.3, -0.25) is 4.99 Å². The van der Waals surface area contributed by atoms with Gasteiger partial charge in [0.25, 0.3) is 0 Å². The first-order valence-corrected chi connectivity index (χ1v) is 7.03. The molecule has 0 aromatic heterocycles. The summed E-state index contributed by atoms with van der Waals surface area (Å²) < 4.78 is 0. The van der Waals surface area contributed by atoms with Gasteiger partial charge in [0.1, 0.15) is 0 Å². The molecular weight excluding hydrogens is 232 g/mol. The van der Waals surface area contributed by atoms with Crippen molar-refractivity contribution in [2.75, 3.05) is 7.05 Å². The third-order valence-electron chi connectivity index (χ3n) is 3.39. The molecule has 2 nitrogen and oxygen atoms in total. The van der Waals surface area contributed by atoms with Crippen LogP contribution in [0.3, 0.4) is 0 Å². The van der Waals surface area contributed by atoms with E-state index in [1.54, 1.807) is 0 Å². The molecule has 0 radical (unpaired) electrons. The summed E-state index contributed by atoms with van der Waals surface area (Å²) in [6, 6.07) is 9.00. The maximum absolute atomic E-state index is 4.71. The highest BCUT2D eigenvalue weighted by Crippen LogP contribution is 2.13. The number of hydrogen-bond donors (Lipinski definition) is 1. The van der Waals surface area contributed by atoms with Crippen LogP contribution in [0.1, 0.15) is 38.3 Å². The van der Waals surface area contributed by atoms with Crippen LogP contribution in [0.2, 0.25) is 0 Å². The van der Waals surface area contributed by atoms with Gasteiger partial charge in [0, 0.05) is 5.71 Å². The topological polar surface area (TPSA) is 24.4 Å². The summed E-state index contributed by atoms with van der Waals surface area (Å²) in [5, 5.41) is 3.37. The second-order valence-corrected chi connectivity index (χ2v) is 4.95. The molecule has 0 saturated heterocycles. The van der Waals surface area contributed by atoms with Gasteiger partial charge in [-0.2, -0.15) is 0 Å². The molecule has 0 saturated carbocycles. The van der Waals surface area contributed by atoms with Crippen LogP contribution in [-0.4, -0.2) is 18.8 Å². The number of hydrogen-bond acceptors (Lipinski definition) is 2. The Bertz CT molecular complexity index is 441. The summed E-state index contributed by atoms with van der Waals surface area (Å²) in [5.74, 6) is 0. The molecule has 2 heteroatoms. The summed E-state index contributed by atoms with van der Waals surface area (Å²) in [6.07, 6.45) is 4.07. The molecule has 0 aliphatic carbocycles. The fourth-order valence-electron chi connectivity index (χ4n) is 1.96. The zero-order chi connectivity index (χ0) is 14.3. The molecule has 0 spiro atoms. The Morgan fingerprint density at radius 1 is 1.32 bits per heavy atom. The van der Waals surface area contributed by atoms with Crippen molar-refractivity contribution < 1.29 is 0 Å². The number of likely N-dealkylation sites (N-methyl/N-ethyl adjacent to an activating group) is 1. The monoisotopic (exact) mass is 258 g/mol. The Balaban J connectivity index is 2.85. The third-order valence-corrected chi connectivity index (χ3v) is 3.39. The van der Waals surface area contributed by atoms with E-state index in [1.165, 1.54) is 16.8 Å². The van der Waals surface area contributed by atoms with Gasteiger partial charge < -0.3 is 5.32 Å². The van der Waals surface area contributed by atoms with Crippen molar-refractivity contribution in [1.29, 1.82) is 0 Å². The predicted octanol–water partition coefficient (Wildman–Crippen LogP) is 3.90. The second-order valence-electron chi connectivity index (χ2n) is 4.95. The van der Waals surface area contributed by atoms with Gasteiger partial charge in [0.15, 0.2) is 0 Å². The quantitative estimate of drug-likeness (QED) is 0.769. The molecule has 1 atom stereocenters. The summed E-state index contributed by atoms with van der Waals surface area (Å²) in [7, 11) is 2.00. The lowest BCUT2D eigenvalue weighted by Crippen LogP contribution is -2.29. The van der Waals surface area contributed by atoms with E-state index in [9.17, 15) is 0 Å². The van der Waals surface area contributed by atoms with Gasteiger partial charge in [-0.25, -0.2) is 0 Å². The average Bonchev–Trinajstić information content (AvgIpc) is 2.44. The SMILES string of the molecule is C/C=C(\N=C(C)CC)C(Cc1ccc(C)cc1)NC. The number of nitrogens with zero attached hydrogens (tertiary/aromatic N) is 1. The number of allylic oxidation sites excluding steroid dienone is 1. The zero-order valence-corrected chi connectivity index (χ0v) is 12.8. The number of benzene rings is 1. The van der Waals surface area contributed by atoms with Gasteiger partial charge >= 0.3 is 0 Å². The Labute approximate surface area is 117 Å². The molecule has 0 fully saturated rings. The maximum Gasteiger partial charge on any atom is 0.0533 e. The Hall–Kier alpha value is -1.41. The molecule has 0 amide bonds. The Morgan fingerprint density at radius 3 is 2.42 bits per heavy atom. The number of rotatable bonds is 6. The highest BCUT2D eigenvalue weighted by molar-refractivity contribution is 5.82. The van der Waals surface area contributed by atoms with E-state index in [-0.39, 0.29) is 6.04 Å². The first-order valence-electron chi connectivity index (χ1n) is 7.03. The smallest absolute Gasteiger partial charge is 0.0533 e. The van der Waals surface area contributed by atoms with E-state index < -0.39 is 0 Å². The van der Waals surface area contributed by atoms with Crippen molar-refractivity contribution in [3.05, 3.63) is 47.2 Å². The maximum atomic E-state index is 4.71. The summed E-state index contributed by atoms with van der Waals surface area (Å²) in [4.78, 5) is 4.71. The molecule has 0 bridgehead atoms. The van der Waals surface area contributed by atoms with Crippen LogP contribution >= 0.6 is 0 Å². The van der Waals surface area contributed by atoms with Crippen molar-refractivity contribution in [2.24, 2.45) is 4.99 Å². The van der Waals surface area contributed by atoms with Gasteiger partial charge in [-0.15, -0.1) is 0 Å². The van der Waals surface area contributed by atoms with E-state index in [1.807, 2.05) is 7.05 Å². The molecule has 1 unspecified atom stereocenters.